The highest BCUT2D eigenvalue weighted by molar-refractivity contribution is 7.89. The average molecular weight is 388 g/mol. The summed E-state index contributed by atoms with van der Waals surface area (Å²) in [6.07, 6.45) is 1.81. The highest BCUT2D eigenvalue weighted by atomic mass is 32.2. The summed E-state index contributed by atoms with van der Waals surface area (Å²) in [5.74, 6) is -0.190. The number of nitrogens with one attached hydrogen (secondary N) is 2. The second-order valence-electron chi connectivity index (χ2n) is 6.91. The van der Waals surface area contributed by atoms with Gasteiger partial charge in [0.2, 0.25) is 15.9 Å². The minimum atomic E-state index is -3.43. The van der Waals surface area contributed by atoms with Crippen LogP contribution in [0.5, 0.6) is 0 Å². The molecule has 144 valence electrons. The topological polar surface area (TPSA) is 78.5 Å². The van der Waals surface area contributed by atoms with E-state index in [1.165, 1.54) is 4.31 Å². The molecule has 2 aromatic rings. The predicted octanol–water partition coefficient (Wildman–Crippen LogP) is 3.14. The number of carbonyl (C=O) groups is 1. The maximum Gasteiger partial charge on any atom is 0.243 e. The third-order valence-corrected chi connectivity index (χ3v) is 6.43. The Balaban J connectivity index is 1.58. The van der Waals surface area contributed by atoms with E-state index in [2.05, 4.69) is 16.7 Å². The molecule has 0 saturated carbocycles. The Labute approximate surface area is 160 Å². The van der Waals surface area contributed by atoms with Crippen LogP contribution in [0.1, 0.15) is 24.0 Å². The molecule has 6 nitrogen and oxygen atoms in total. The van der Waals surface area contributed by atoms with Crippen LogP contribution in [-0.2, 0) is 14.8 Å². The number of nitrogens with zero attached hydrogens (tertiary/aromatic N) is 1. The van der Waals surface area contributed by atoms with E-state index in [0.717, 1.165) is 29.7 Å². The molecule has 1 aliphatic rings. The Bertz CT molecular complexity index is 898. The van der Waals surface area contributed by atoms with Gasteiger partial charge in [-0.25, -0.2) is 8.42 Å². The molecule has 7 heteroatoms. The van der Waals surface area contributed by atoms with E-state index in [4.69, 9.17) is 0 Å². The summed E-state index contributed by atoms with van der Waals surface area (Å²) in [5, 5.41) is 5.88. The first-order valence-electron chi connectivity index (χ1n) is 9.07. The van der Waals surface area contributed by atoms with Crippen molar-refractivity contribution >= 4 is 27.3 Å². The number of aryl methyl sites for hydroxylation is 2. The van der Waals surface area contributed by atoms with Crippen molar-refractivity contribution < 1.29 is 13.2 Å². The van der Waals surface area contributed by atoms with Crippen molar-refractivity contribution in [2.45, 2.75) is 31.6 Å². The smallest absolute Gasteiger partial charge is 0.243 e. The molecule has 0 spiro atoms. The molecule has 1 heterocycles. The first-order valence-corrected chi connectivity index (χ1v) is 10.5. The summed E-state index contributed by atoms with van der Waals surface area (Å²) in [4.78, 5) is 12.4. The van der Waals surface area contributed by atoms with Crippen molar-refractivity contribution in [2.75, 3.05) is 30.3 Å². The molecule has 0 radical (unpaired) electrons. The van der Waals surface area contributed by atoms with Gasteiger partial charge in [-0.2, -0.15) is 4.31 Å². The third-order valence-electron chi connectivity index (χ3n) is 4.52. The van der Waals surface area contributed by atoms with Gasteiger partial charge in [-0.15, -0.1) is 0 Å². The molecule has 0 unspecified atom stereocenters. The van der Waals surface area contributed by atoms with Crippen molar-refractivity contribution in [3.05, 3.63) is 53.6 Å². The monoisotopic (exact) mass is 387 g/mol. The van der Waals surface area contributed by atoms with Gasteiger partial charge in [-0.3, -0.25) is 4.79 Å². The molecular weight excluding hydrogens is 362 g/mol. The first kappa shape index (κ1) is 19.4. The maximum absolute atomic E-state index is 12.5. The molecule has 2 aromatic carbocycles. The number of sulfonamides is 1. The molecule has 1 fully saturated rings. The van der Waals surface area contributed by atoms with Gasteiger partial charge in [-0.05, 0) is 74.2 Å². The summed E-state index contributed by atoms with van der Waals surface area (Å²) in [6.45, 7) is 5.30. The van der Waals surface area contributed by atoms with Gasteiger partial charge in [0.25, 0.3) is 0 Å². The molecule has 1 saturated heterocycles. The minimum absolute atomic E-state index is 0.136. The molecule has 0 aliphatic carbocycles. The van der Waals surface area contributed by atoms with Crippen LogP contribution in [0, 0.1) is 13.8 Å². The lowest BCUT2D eigenvalue weighted by Crippen LogP contribution is -2.27. The average Bonchev–Trinajstić information content (AvgIpc) is 3.15. The maximum atomic E-state index is 12.5. The molecule has 27 heavy (non-hydrogen) atoms. The van der Waals surface area contributed by atoms with Crippen LogP contribution < -0.4 is 10.6 Å². The van der Waals surface area contributed by atoms with Crippen molar-refractivity contribution in [3.8, 4) is 0 Å². The SMILES string of the molecule is Cc1cc(C)cc(NCC(=O)Nc2ccc(S(=O)(=O)N3CCCC3)cc2)c1. The van der Waals surface area contributed by atoms with Gasteiger partial charge in [0.1, 0.15) is 0 Å². The highest BCUT2D eigenvalue weighted by Crippen LogP contribution is 2.22. The Morgan fingerprint density at radius 3 is 2.15 bits per heavy atom. The highest BCUT2D eigenvalue weighted by Gasteiger charge is 2.26. The molecule has 1 amide bonds. The van der Waals surface area contributed by atoms with E-state index in [-0.39, 0.29) is 17.3 Å². The number of anilines is 2. The Morgan fingerprint density at radius 1 is 0.963 bits per heavy atom. The van der Waals surface area contributed by atoms with Crippen molar-refractivity contribution in [3.63, 3.8) is 0 Å². The van der Waals surface area contributed by atoms with Crippen LogP contribution in [0.4, 0.5) is 11.4 Å². The van der Waals surface area contributed by atoms with Gasteiger partial charge >= 0.3 is 0 Å². The summed E-state index contributed by atoms with van der Waals surface area (Å²) >= 11 is 0. The number of benzene rings is 2. The zero-order chi connectivity index (χ0) is 19.4. The summed E-state index contributed by atoms with van der Waals surface area (Å²) in [5.41, 5.74) is 3.73. The third kappa shape index (κ3) is 4.87. The van der Waals surface area contributed by atoms with Crippen LogP contribution >= 0.6 is 0 Å². The summed E-state index contributed by atoms with van der Waals surface area (Å²) in [7, 11) is -3.43. The second kappa shape index (κ2) is 8.10. The Kier molecular flexibility index (Phi) is 5.82. The van der Waals surface area contributed by atoms with Crippen molar-refractivity contribution in [1.29, 1.82) is 0 Å². The standard InChI is InChI=1S/C20H25N3O3S/c1-15-11-16(2)13-18(12-15)21-14-20(24)22-17-5-7-19(8-6-17)27(25,26)23-9-3-4-10-23/h5-8,11-13,21H,3-4,9-10,14H2,1-2H3,(H,22,24). The van der Waals surface area contributed by atoms with E-state index >= 15 is 0 Å². The number of rotatable bonds is 6. The zero-order valence-corrected chi connectivity index (χ0v) is 16.5. The molecular formula is C20H25N3O3S. The van der Waals surface area contributed by atoms with Crippen LogP contribution in [0.25, 0.3) is 0 Å². The van der Waals surface area contributed by atoms with Crippen LogP contribution in [0.2, 0.25) is 0 Å². The number of amides is 1. The number of hydrogen-bond acceptors (Lipinski definition) is 4. The van der Waals surface area contributed by atoms with Gasteiger partial charge in [-0.1, -0.05) is 6.07 Å². The fourth-order valence-electron chi connectivity index (χ4n) is 3.25. The van der Waals surface area contributed by atoms with Crippen molar-refractivity contribution in [1.82, 2.24) is 4.31 Å². The quantitative estimate of drug-likeness (QED) is 0.798. The predicted molar refractivity (Wildman–Crippen MR) is 107 cm³/mol. The van der Waals surface area contributed by atoms with Crippen LogP contribution in [0.3, 0.4) is 0 Å². The Morgan fingerprint density at radius 2 is 1.56 bits per heavy atom. The van der Waals surface area contributed by atoms with Crippen LogP contribution in [0.15, 0.2) is 47.4 Å². The number of carbonyl (C=O) groups excluding carboxylic acids is 1. The Hall–Kier alpha value is -2.38. The van der Waals surface area contributed by atoms with E-state index in [0.29, 0.717) is 18.8 Å². The molecule has 0 bridgehead atoms. The lowest BCUT2D eigenvalue weighted by Gasteiger charge is -2.15. The van der Waals surface area contributed by atoms with Gasteiger partial charge in [0.05, 0.1) is 11.4 Å². The first-order chi connectivity index (χ1) is 12.8. The zero-order valence-electron chi connectivity index (χ0n) is 15.7. The lowest BCUT2D eigenvalue weighted by atomic mass is 10.1. The molecule has 3 rings (SSSR count). The van der Waals surface area contributed by atoms with E-state index < -0.39 is 10.0 Å². The molecule has 0 aromatic heterocycles. The second-order valence-corrected chi connectivity index (χ2v) is 8.85. The fraction of sp³-hybridized carbons (Fsp3) is 0.350. The van der Waals surface area contributed by atoms with Gasteiger partial charge in [0.15, 0.2) is 0 Å². The molecule has 2 N–H and O–H groups in total. The fourth-order valence-corrected chi connectivity index (χ4v) is 4.77. The molecule has 0 atom stereocenters. The van der Waals surface area contributed by atoms with Gasteiger partial charge in [0, 0.05) is 24.5 Å². The minimum Gasteiger partial charge on any atom is -0.376 e. The normalized spacial score (nSPS) is 14.9. The summed E-state index contributed by atoms with van der Waals surface area (Å²) < 4.78 is 26.5. The van der Waals surface area contributed by atoms with Crippen molar-refractivity contribution in [2.24, 2.45) is 0 Å². The van der Waals surface area contributed by atoms with Gasteiger partial charge < -0.3 is 10.6 Å². The van der Waals surface area contributed by atoms with E-state index in [1.807, 2.05) is 26.0 Å². The van der Waals surface area contributed by atoms with E-state index in [9.17, 15) is 13.2 Å². The summed E-state index contributed by atoms with van der Waals surface area (Å²) in [6, 6.07) is 12.4. The lowest BCUT2D eigenvalue weighted by molar-refractivity contribution is -0.114. The van der Waals surface area contributed by atoms with Crippen LogP contribution in [-0.4, -0.2) is 38.3 Å². The number of hydrogen-bond donors (Lipinski definition) is 2. The largest absolute Gasteiger partial charge is 0.376 e. The molecule has 1 aliphatic heterocycles. The van der Waals surface area contributed by atoms with E-state index in [1.54, 1.807) is 24.3 Å².